The molecule has 0 spiro atoms. The smallest absolute Gasteiger partial charge is 0.303 e. The van der Waals surface area contributed by atoms with Gasteiger partial charge in [-0.2, -0.15) is 0 Å². The van der Waals surface area contributed by atoms with Gasteiger partial charge < -0.3 is 20.4 Å². The summed E-state index contributed by atoms with van der Waals surface area (Å²) in [6, 6.07) is 0. The summed E-state index contributed by atoms with van der Waals surface area (Å²) in [5.41, 5.74) is 0. The zero-order valence-corrected chi connectivity index (χ0v) is 13.2. The third kappa shape index (κ3) is 4.93. The Hall–Kier alpha value is -0.650. The second-order valence-electron chi connectivity index (χ2n) is 7.27. The molecular formula is C17H30O5. The maximum atomic E-state index is 10.9. The van der Waals surface area contributed by atoms with Crippen LogP contribution in [0.25, 0.3) is 0 Å². The van der Waals surface area contributed by atoms with Crippen LogP contribution in [0.15, 0.2) is 0 Å². The van der Waals surface area contributed by atoms with Crippen LogP contribution < -0.4 is 0 Å². The van der Waals surface area contributed by atoms with Gasteiger partial charge >= 0.3 is 5.97 Å². The lowest BCUT2D eigenvalue weighted by atomic mass is 9.82. The Bertz CT molecular complexity index is 353. The Labute approximate surface area is 132 Å². The van der Waals surface area contributed by atoms with Crippen LogP contribution in [0.2, 0.25) is 0 Å². The Morgan fingerprint density at radius 1 is 1.05 bits per heavy atom. The average Bonchev–Trinajstić information content (AvgIpc) is 2.71. The Balaban J connectivity index is 1.78. The molecule has 2 aliphatic carbocycles. The van der Waals surface area contributed by atoms with E-state index in [2.05, 4.69) is 0 Å². The second-order valence-corrected chi connectivity index (χ2v) is 7.27. The van der Waals surface area contributed by atoms with Crippen molar-refractivity contribution in [3.8, 4) is 0 Å². The van der Waals surface area contributed by atoms with E-state index in [1.807, 2.05) is 0 Å². The highest BCUT2D eigenvalue weighted by Crippen LogP contribution is 2.38. The molecule has 0 saturated heterocycles. The first kappa shape index (κ1) is 17.7. The van der Waals surface area contributed by atoms with Crippen molar-refractivity contribution >= 4 is 5.97 Å². The number of carboxylic acid groups (broad SMARTS) is 1. The summed E-state index contributed by atoms with van der Waals surface area (Å²) in [5, 5.41) is 39.1. The molecule has 2 fully saturated rings. The molecule has 22 heavy (non-hydrogen) atoms. The van der Waals surface area contributed by atoms with Crippen LogP contribution in [0.3, 0.4) is 0 Å². The minimum Gasteiger partial charge on any atom is -0.481 e. The van der Waals surface area contributed by atoms with Gasteiger partial charge in [0.2, 0.25) is 0 Å². The molecule has 0 radical (unpaired) electrons. The molecule has 2 saturated carbocycles. The van der Waals surface area contributed by atoms with E-state index < -0.39 is 24.1 Å². The third-order valence-corrected chi connectivity index (χ3v) is 5.60. The van der Waals surface area contributed by atoms with Gasteiger partial charge in [0.15, 0.2) is 0 Å². The van der Waals surface area contributed by atoms with E-state index in [0.717, 1.165) is 6.42 Å². The van der Waals surface area contributed by atoms with E-state index in [0.29, 0.717) is 18.8 Å². The molecule has 4 N–H and O–H groups in total. The van der Waals surface area contributed by atoms with Crippen molar-refractivity contribution in [1.82, 2.24) is 0 Å². The molecular weight excluding hydrogens is 284 g/mol. The molecule has 0 aliphatic heterocycles. The number of carbonyl (C=O) groups is 1. The molecule has 128 valence electrons. The maximum Gasteiger partial charge on any atom is 0.303 e. The highest BCUT2D eigenvalue weighted by atomic mass is 16.4. The van der Waals surface area contributed by atoms with E-state index >= 15 is 0 Å². The molecule has 5 atom stereocenters. The molecule has 2 aliphatic rings. The molecule has 0 bridgehead atoms. The summed E-state index contributed by atoms with van der Waals surface area (Å²) in [6.07, 6.45) is 6.56. The van der Waals surface area contributed by atoms with Gasteiger partial charge in [-0.25, -0.2) is 0 Å². The van der Waals surface area contributed by atoms with Gasteiger partial charge in [0, 0.05) is 5.92 Å². The van der Waals surface area contributed by atoms with Crippen LogP contribution in [0.5, 0.6) is 0 Å². The highest BCUT2D eigenvalue weighted by Gasteiger charge is 2.42. The first-order chi connectivity index (χ1) is 10.5. The molecule has 0 aromatic carbocycles. The molecule has 0 heterocycles. The lowest BCUT2D eigenvalue weighted by Crippen LogP contribution is -2.26. The number of aliphatic hydroxyl groups is 3. The monoisotopic (exact) mass is 314 g/mol. The molecule has 0 aromatic rings. The first-order valence-electron chi connectivity index (χ1n) is 8.73. The molecule has 2 rings (SSSR count). The van der Waals surface area contributed by atoms with E-state index in [9.17, 15) is 20.1 Å². The number of aliphatic hydroxyl groups excluding tert-OH is 3. The summed E-state index contributed by atoms with van der Waals surface area (Å²) in [5.74, 6) is -0.940. The van der Waals surface area contributed by atoms with Gasteiger partial charge in [-0.1, -0.05) is 32.1 Å². The van der Waals surface area contributed by atoms with Gasteiger partial charge in [-0.3, -0.25) is 4.79 Å². The summed E-state index contributed by atoms with van der Waals surface area (Å²) >= 11 is 0. The predicted molar refractivity (Wildman–Crippen MR) is 82.3 cm³/mol. The quantitative estimate of drug-likeness (QED) is 0.575. The zero-order chi connectivity index (χ0) is 16.1. The molecule has 0 amide bonds. The normalized spacial score (nSPS) is 34.7. The predicted octanol–water partition coefficient (Wildman–Crippen LogP) is 1.93. The number of carboxylic acids is 1. The Kier molecular flexibility index (Phi) is 6.66. The van der Waals surface area contributed by atoms with Crippen LogP contribution >= 0.6 is 0 Å². The van der Waals surface area contributed by atoms with E-state index in [1.165, 1.54) is 32.1 Å². The lowest BCUT2D eigenvalue weighted by molar-refractivity contribution is -0.139. The fraction of sp³-hybridized carbons (Fsp3) is 0.941. The topological polar surface area (TPSA) is 98.0 Å². The molecule has 5 unspecified atom stereocenters. The van der Waals surface area contributed by atoms with Gasteiger partial charge in [-0.05, 0) is 37.5 Å². The number of hydrogen-bond donors (Lipinski definition) is 4. The van der Waals surface area contributed by atoms with E-state index in [-0.39, 0.29) is 24.9 Å². The zero-order valence-electron chi connectivity index (χ0n) is 13.2. The van der Waals surface area contributed by atoms with Gasteiger partial charge in [0.05, 0.1) is 24.7 Å². The van der Waals surface area contributed by atoms with Crippen LogP contribution in [0.1, 0.15) is 64.2 Å². The maximum absolute atomic E-state index is 10.9. The third-order valence-electron chi connectivity index (χ3n) is 5.60. The van der Waals surface area contributed by atoms with Crippen molar-refractivity contribution in [2.24, 2.45) is 17.8 Å². The fourth-order valence-corrected chi connectivity index (χ4v) is 4.37. The van der Waals surface area contributed by atoms with Crippen molar-refractivity contribution in [2.45, 2.75) is 82.5 Å². The summed E-state index contributed by atoms with van der Waals surface area (Å²) < 4.78 is 0. The standard InChI is InChI=1S/C17H30O5/c18-12(8-11-4-2-1-3-5-11)6-7-13-14(9-17(21)22)16(20)10-15(13)19/h11-16,18-20H,1-10H2,(H,21,22). The van der Waals surface area contributed by atoms with Gasteiger partial charge in [-0.15, -0.1) is 0 Å². The molecule has 0 aromatic heterocycles. The van der Waals surface area contributed by atoms with Crippen molar-refractivity contribution in [3.63, 3.8) is 0 Å². The van der Waals surface area contributed by atoms with Crippen LogP contribution in [-0.4, -0.2) is 44.7 Å². The molecule has 5 heteroatoms. The van der Waals surface area contributed by atoms with Gasteiger partial charge in [0.1, 0.15) is 0 Å². The molecule has 5 nitrogen and oxygen atoms in total. The van der Waals surface area contributed by atoms with E-state index in [4.69, 9.17) is 5.11 Å². The summed E-state index contributed by atoms with van der Waals surface area (Å²) in [7, 11) is 0. The minimum absolute atomic E-state index is 0.110. The van der Waals surface area contributed by atoms with Crippen LogP contribution in [-0.2, 0) is 4.79 Å². The number of aliphatic carboxylic acids is 1. The summed E-state index contributed by atoms with van der Waals surface area (Å²) in [6.45, 7) is 0. The second kappa shape index (κ2) is 8.27. The lowest BCUT2D eigenvalue weighted by Gasteiger charge is -2.26. The first-order valence-corrected chi connectivity index (χ1v) is 8.73. The fourth-order valence-electron chi connectivity index (χ4n) is 4.37. The van der Waals surface area contributed by atoms with E-state index in [1.54, 1.807) is 0 Å². The SMILES string of the molecule is O=C(O)CC1C(O)CC(O)C1CCC(O)CC1CCCCC1. The highest BCUT2D eigenvalue weighted by molar-refractivity contribution is 5.67. The average molecular weight is 314 g/mol. The van der Waals surface area contributed by atoms with Crippen LogP contribution in [0.4, 0.5) is 0 Å². The number of rotatable bonds is 7. The summed E-state index contributed by atoms with van der Waals surface area (Å²) in [4.78, 5) is 10.9. The van der Waals surface area contributed by atoms with Crippen molar-refractivity contribution in [3.05, 3.63) is 0 Å². The Morgan fingerprint density at radius 3 is 2.32 bits per heavy atom. The van der Waals surface area contributed by atoms with Crippen molar-refractivity contribution in [1.29, 1.82) is 0 Å². The number of hydrogen-bond acceptors (Lipinski definition) is 4. The Morgan fingerprint density at radius 2 is 1.68 bits per heavy atom. The largest absolute Gasteiger partial charge is 0.481 e. The van der Waals surface area contributed by atoms with Crippen LogP contribution in [0, 0.1) is 17.8 Å². The minimum atomic E-state index is -0.939. The van der Waals surface area contributed by atoms with Crippen molar-refractivity contribution < 1.29 is 25.2 Å². The van der Waals surface area contributed by atoms with Crippen molar-refractivity contribution in [2.75, 3.05) is 0 Å². The van der Waals surface area contributed by atoms with Gasteiger partial charge in [0.25, 0.3) is 0 Å².